The van der Waals surface area contributed by atoms with Gasteiger partial charge in [-0.3, -0.25) is 0 Å². The van der Waals surface area contributed by atoms with Gasteiger partial charge in [-0.2, -0.15) is 0 Å². The summed E-state index contributed by atoms with van der Waals surface area (Å²) in [5.41, 5.74) is 0. The number of methoxy groups -OCH3 is 2. The Balaban J connectivity index is 3.29. The lowest BCUT2D eigenvalue weighted by molar-refractivity contribution is 0.392. The van der Waals surface area contributed by atoms with Gasteiger partial charge < -0.3 is 9.47 Å². The number of halogens is 1. The van der Waals surface area contributed by atoms with E-state index in [9.17, 15) is 8.42 Å². The number of sulfone groups is 1. The molecule has 0 amide bonds. The smallest absolute Gasteiger partial charge is 0.182 e. The maximum Gasteiger partial charge on any atom is 0.182 e. The second kappa shape index (κ2) is 5.54. The molecule has 0 aliphatic carbocycles. The van der Waals surface area contributed by atoms with Crippen molar-refractivity contribution in [1.29, 1.82) is 0 Å². The Kier molecular flexibility index (Phi) is 4.61. The van der Waals surface area contributed by atoms with Crippen LogP contribution in [-0.2, 0) is 9.84 Å². The van der Waals surface area contributed by atoms with E-state index in [0.29, 0.717) is 16.8 Å². The number of hydrogen-bond acceptors (Lipinski definition) is 4. The van der Waals surface area contributed by atoms with Crippen molar-refractivity contribution in [3.8, 4) is 11.5 Å². The first-order valence-electron chi connectivity index (χ1n) is 4.56. The van der Waals surface area contributed by atoms with E-state index in [2.05, 4.69) is 15.9 Å². The van der Waals surface area contributed by atoms with E-state index >= 15 is 0 Å². The second-order valence-corrected chi connectivity index (χ2v) is 5.90. The van der Waals surface area contributed by atoms with Gasteiger partial charge in [0.25, 0.3) is 0 Å². The van der Waals surface area contributed by atoms with Crippen LogP contribution in [0.4, 0.5) is 0 Å². The van der Waals surface area contributed by atoms with Crippen LogP contribution in [0.1, 0.15) is 0 Å². The molecule has 90 valence electrons. The van der Waals surface area contributed by atoms with E-state index in [-0.39, 0.29) is 10.6 Å². The van der Waals surface area contributed by atoms with Gasteiger partial charge in [-0.1, -0.05) is 15.9 Å². The molecule has 0 saturated carbocycles. The molecule has 0 atom stereocenters. The van der Waals surface area contributed by atoms with Gasteiger partial charge in [0, 0.05) is 11.4 Å². The zero-order chi connectivity index (χ0) is 12.2. The molecule has 1 rings (SSSR count). The molecule has 0 spiro atoms. The molecule has 0 fully saturated rings. The van der Waals surface area contributed by atoms with Crippen LogP contribution in [0.15, 0.2) is 23.1 Å². The first kappa shape index (κ1) is 13.3. The monoisotopic (exact) mass is 308 g/mol. The first-order valence-corrected chi connectivity index (χ1v) is 7.33. The van der Waals surface area contributed by atoms with Crippen LogP contribution in [-0.4, -0.2) is 33.7 Å². The minimum absolute atomic E-state index is 0.0243. The van der Waals surface area contributed by atoms with E-state index in [1.165, 1.54) is 20.3 Å². The molecule has 0 radical (unpaired) electrons. The third-order valence-corrected chi connectivity index (χ3v) is 4.70. The Morgan fingerprint density at radius 3 is 2.44 bits per heavy atom. The largest absolute Gasteiger partial charge is 0.497 e. The minimum atomic E-state index is -3.34. The standard InChI is InChI=1S/C10H13BrO4S/c1-14-8-3-4-9(15-2)10(7-8)16(12,13)6-5-11/h3-4,7H,5-6H2,1-2H3. The van der Waals surface area contributed by atoms with E-state index in [0.717, 1.165) is 0 Å². The van der Waals surface area contributed by atoms with E-state index in [1.54, 1.807) is 12.1 Å². The van der Waals surface area contributed by atoms with Gasteiger partial charge in [0.2, 0.25) is 0 Å². The highest BCUT2D eigenvalue weighted by molar-refractivity contribution is 9.09. The van der Waals surface area contributed by atoms with Crippen molar-refractivity contribution in [3.63, 3.8) is 0 Å². The number of hydrogen-bond donors (Lipinski definition) is 0. The summed E-state index contributed by atoms with van der Waals surface area (Å²) in [5, 5.41) is 0.385. The fraction of sp³-hybridized carbons (Fsp3) is 0.400. The molecule has 6 heteroatoms. The Morgan fingerprint density at radius 1 is 1.25 bits per heavy atom. The molecule has 1 aromatic carbocycles. The quantitative estimate of drug-likeness (QED) is 0.779. The Hall–Kier alpha value is -0.750. The fourth-order valence-corrected chi connectivity index (χ4v) is 3.69. The topological polar surface area (TPSA) is 52.6 Å². The van der Waals surface area contributed by atoms with Crippen molar-refractivity contribution in [2.45, 2.75) is 4.90 Å². The van der Waals surface area contributed by atoms with Crippen LogP contribution < -0.4 is 9.47 Å². The third-order valence-electron chi connectivity index (χ3n) is 2.05. The van der Waals surface area contributed by atoms with E-state index in [4.69, 9.17) is 9.47 Å². The summed E-state index contributed by atoms with van der Waals surface area (Å²) in [6.45, 7) is 0. The second-order valence-electron chi connectivity index (χ2n) is 3.02. The van der Waals surface area contributed by atoms with Gasteiger partial charge in [-0.25, -0.2) is 8.42 Å². The van der Waals surface area contributed by atoms with Crippen LogP contribution in [0.2, 0.25) is 0 Å². The molecule has 0 aliphatic heterocycles. The summed E-state index contributed by atoms with van der Waals surface area (Å²) in [4.78, 5) is 0.161. The molecule has 0 aromatic heterocycles. The summed E-state index contributed by atoms with van der Waals surface area (Å²) >= 11 is 3.11. The van der Waals surface area contributed by atoms with Crippen LogP contribution >= 0.6 is 15.9 Å². The number of alkyl halides is 1. The molecular weight excluding hydrogens is 296 g/mol. The lowest BCUT2D eigenvalue weighted by Crippen LogP contribution is -2.09. The number of ether oxygens (including phenoxy) is 2. The predicted molar refractivity (Wildman–Crippen MR) is 65.4 cm³/mol. The average molecular weight is 309 g/mol. The van der Waals surface area contributed by atoms with E-state index < -0.39 is 9.84 Å². The van der Waals surface area contributed by atoms with Crippen molar-refractivity contribution in [2.75, 3.05) is 25.3 Å². The van der Waals surface area contributed by atoms with Crippen molar-refractivity contribution in [2.24, 2.45) is 0 Å². The zero-order valence-corrected chi connectivity index (χ0v) is 11.5. The lowest BCUT2D eigenvalue weighted by atomic mass is 10.3. The fourth-order valence-electron chi connectivity index (χ4n) is 1.24. The van der Waals surface area contributed by atoms with Crippen molar-refractivity contribution in [1.82, 2.24) is 0 Å². The predicted octanol–water partition coefficient (Wildman–Crippen LogP) is 1.87. The Labute approximate surface area is 104 Å². The van der Waals surface area contributed by atoms with Crippen LogP contribution in [0.3, 0.4) is 0 Å². The van der Waals surface area contributed by atoms with Gasteiger partial charge in [-0.15, -0.1) is 0 Å². The summed E-state index contributed by atoms with van der Waals surface area (Å²) in [6, 6.07) is 4.71. The molecule has 0 aliphatic rings. The Bertz CT molecular complexity index is 456. The molecule has 1 aromatic rings. The van der Waals surface area contributed by atoms with Gasteiger partial charge in [0.15, 0.2) is 9.84 Å². The van der Waals surface area contributed by atoms with Gasteiger partial charge in [0.05, 0.1) is 20.0 Å². The summed E-state index contributed by atoms with van der Waals surface area (Å²) in [7, 11) is -0.409. The maximum absolute atomic E-state index is 11.9. The molecule has 0 bridgehead atoms. The summed E-state index contributed by atoms with van der Waals surface area (Å²) < 4.78 is 33.9. The first-order chi connectivity index (χ1) is 7.55. The highest BCUT2D eigenvalue weighted by Crippen LogP contribution is 2.29. The maximum atomic E-state index is 11.9. The van der Waals surface area contributed by atoms with Gasteiger partial charge in [-0.05, 0) is 12.1 Å². The van der Waals surface area contributed by atoms with Gasteiger partial charge >= 0.3 is 0 Å². The number of rotatable bonds is 5. The average Bonchev–Trinajstić information content (AvgIpc) is 2.28. The molecule has 0 unspecified atom stereocenters. The molecular formula is C10H13BrO4S. The molecule has 0 heterocycles. The van der Waals surface area contributed by atoms with Gasteiger partial charge in [0.1, 0.15) is 16.4 Å². The minimum Gasteiger partial charge on any atom is -0.497 e. The van der Waals surface area contributed by atoms with Crippen molar-refractivity contribution in [3.05, 3.63) is 18.2 Å². The third kappa shape index (κ3) is 2.89. The summed E-state index contributed by atoms with van der Waals surface area (Å²) in [5.74, 6) is 0.854. The Morgan fingerprint density at radius 2 is 1.94 bits per heavy atom. The zero-order valence-electron chi connectivity index (χ0n) is 9.07. The van der Waals surface area contributed by atoms with Crippen molar-refractivity contribution < 1.29 is 17.9 Å². The molecule has 0 saturated heterocycles. The van der Waals surface area contributed by atoms with Crippen LogP contribution in [0, 0.1) is 0 Å². The normalized spacial score (nSPS) is 11.2. The molecule has 0 N–H and O–H groups in total. The van der Waals surface area contributed by atoms with Crippen molar-refractivity contribution >= 4 is 25.8 Å². The van der Waals surface area contributed by atoms with E-state index in [1.807, 2.05) is 0 Å². The highest BCUT2D eigenvalue weighted by atomic mass is 79.9. The number of benzene rings is 1. The van der Waals surface area contributed by atoms with Crippen LogP contribution in [0.25, 0.3) is 0 Å². The lowest BCUT2D eigenvalue weighted by Gasteiger charge is -2.10. The SMILES string of the molecule is COc1ccc(OC)c(S(=O)(=O)CCBr)c1. The highest BCUT2D eigenvalue weighted by Gasteiger charge is 2.19. The molecule has 16 heavy (non-hydrogen) atoms. The summed E-state index contributed by atoms with van der Waals surface area (Å²) in [6.07, 6.45) is 0. The van der Waals surface area contributed by atoms with Crippen LogP contribution in [0.5, 0.6) is 11.5 Å². The molecule has 4 nitrogen and oxygen atoms in total.